The molecule has 0 fully saturated rings. The molecule has 0 aliphatic carbocycles. The molecule has 104 valence electrons. The van der Waals surface area contributed by atoms with Crippen LogP contribution in [0.1, 0.15) is 16.8 Å². The summed E-state index contributed by atoms with van der Waals surface area (Å²) in [6.07, 6.45) is 0.124. The van der Waals surface area contributed by atoms with Crippen molar-refractivity contribution in [3.05, 3.63) is 37.9 Å². The van der Waals surface area contributed by atoms with Crippen molar-refractivity contribution in [3.8, 4) is 6.07 Å². The lowest BCUT2D eigenvalue weighted by molar-refractivity contribution is -0.394. The van der Waals surface area contributed by atoms with Crippen molar-refractivity contribution in [2.45, 2.75) is 11.3 Å². The van der Waals surface area contributed by atoms with Gasteiger partial charge in [-0.3, -0.25) is 25.0 Å². The van der Waals surface area contributed by atoms with Crippen LogP contribution in [0.15, 0.2) is 17.0 Å². The molecular weight excluding hydrogens is 288 g/mol. The van der Waals surface area contributed by atoms with Crippen LogP contribution in [-0.4, -0.2) is 21.5 Å². The average molecular weight is 296 g/mol. The minimum Gasteiger partial charge on any atom is -0.365 e. The molecule has 0 saturated heterocycles. The Morgan fingerprint density at radius 2 is 2.00 bits per heavy atom. The van der Waals surface area contributed by atoms with E-state index in [1.165, 1.54) is 0 Å². The van der Waals surface area contributed by atoms with Gasteiger partial charge in [-0.1, -0.05) is 0 Å². The molecule has 0 radical (unpaired) electrons. The Labute approximate surface area is 116 Å². The minimum absolute atomic E-state index is 0.0219. The number of nitro groups is 2. The van der Waals surface area contributed by atoms with E-state index in [2.05, 4.69) is 0 Å². The molecule has 0 aromatic heterocycles. The number of nitriles is 1. The average Bonchev–Trinajstić information content (AvgIpc) is 2.37. The number of hydrogen-bond acceptors (Lipinski definition) is 7. The van der Waals surface area contributed by atoms with E-state index >= 15 is 0 Å². The number of primary amides is 1. The highest BCUT2D eigenvalue weighted by atomic mass is 32.2. The number of benzene rings is 1. The van der Waals surface area contributed by atoms with Crippen molar-refractivity contribution in [2.75, 3.05) is 5.75 Å². The predicted octanol–water partition coefficient (Wildman–Crippen LogP) is 1.61. The second kappa shape index (κ2) is 6.48. The van der Waals surface area contributed by atoms with Crippen molar-refractivity contribution >= 4 is 29.0 Å². The van der Waals surface area contributed by atoms with Gasteiger partial charge in [0.1, 0.15) is 5.56 Å². The van der Waals surface area contributed by atoms with Crippen LogP contribution >= 0.6 is 11.8 Å². The van der Waals surface area contributed by atoms with Crippen LogP contribution < -0.4 is 5.73 Å². The third-order valence-corrected chi connectivity index (χ3v) is 3.23. The van der Waals surface area contributed by atoms with E-state index in [1.54, 1.807) is 0 Å². The van der Waals surface area contributed by atoms with Crippen LogP contribution in [0.4, 0.5) is 11.4 Å². The molecule has 20 heavy (non-hydrogen) atoms. The maximum absolute atomic E-state index is 11.3. The number of carbonyl (C=O) groups excluding carboxylic acids is 1. The van der Waals surface area contributed by atoms with Gasteiger partial charge in [-0.15, -0.1) is 11.8 Å². The molecule has 0 bridgehead atoms. The monoisotopic (exact) mass is 296 g/mol. The summed E-state index contributed by atoms with van der Waals surface area (Å²) < 4.78 is 0. The number of carbonyl (C=O) groups is 1. The quantitative estimate of drug-likeness (QED) is 0.362. The lowest BCUT2D eigenvalue weighted by Crippen LogP contribution is -2.15. The first-order valence-electron chi connectivity index (χ1n) is 5.14. The van der Waals surface area contributed by atoms with E-state index in [0.717, 1.165) is 17.8 Å². The van der Waals surface area contributed by atoms with Gasteiger partial charge in [-0.05, 0) is 0 Å². The van der Waals surface area contributed by atoms with Crippen LogP contribution in [0, 0.1) is 31.6 Å². The van der Waals surface area contributed by atoms with Crippen LogP contribution in [0.3, 0.4) is 0 Å². The molecule has 0 aliphatic heterocycles. The molecule has 9 nitrogen and oxygen atoms in total. The second-order valence-electron chi connectivity index (χ2n) is 3.47. The summed E-state index contributed by atoms with van der Waals surface area (Å²) in [6.45, 7) is 0. The number of nitrogens with zero attached hydrogens (tertiary/aromatic N) is 3. The number of non-ortho nitro benzene ring substituents is 1. The molecule has 0 unspecified atom stereocenters. The van der Waals surface area contributed by atoms with Gasteiger partial charge in [0, 0.05) is 23.1 Å². The highest BCUT2D eigenvalue weighted by Crippen LogP contribution is 2.34. The van der Waals surface area contributed by atoms with Gasteiger partial charge in [0.05, 0.1) is 22.0 Å². The fraction of sp³-hybridized carbons (Fsp3) is 0.200. The molecule has 0 saturated carbocycles. The maximum atomic E-state index is 11.3. The number of nitro benzene ring substituents is 2. The lowest BCUT2D eigenvalue weighted by Gasteiger charge is -2.06. The first-order chi connectivity index (χ1) is 9.38. The SMILES string of the molecule is N#CCCSc1cc([N+](=O)[O-])cc([N+](=O)[O-])c1C(N)=O. The predicted molar refractivity (Wildman–Crippen MR) is 69.2 cm³/mol. The Morgan fingerprint density at radius 3 is 2.45 bits per heavy atom. The standard InChI is InChI=1S/C10H8N4O5S/c11-2-1-3-20-8-5-6(13(16)17)4-7(14(18)19)9(8)10(12)15/h4-5H,1,3H2,(H2,12,15). The molecular formula is C10H8N4O5S. The van der Waals surface area contributed by atoms with Gasteiger partial charge < -0.3 is 5.73 Å². The van der Waals surface area contributed by atoms with Gasteiger partial charge in [0.25, 0.3) is 17.3 Å². The number of nitrogens with two attached hydrogens (primary N) is 1. The Kier molecular flexibility index (Phi) is 4.99. The van der Waals surface area contributed by atoms with Crippen molar-refractivity contribution in [2.24, 2.45) is 5.73 Å². The van der Waals surface area contributed by atoms with E-state index in [9.17, 15) is 25.0 Å². The summed E-state index contributed by atoms with van der Waals surface area (Å²) in [5.41, 5.74) is 3.48. The zero-order valence-corrected chi connectivity index (χ0v) is 10.8. The number of hydrogen-bond donors (Lipinski definition) is 1. The summed E-state index contributed by atoms with van der Waals surface area (Å²) in [5.74, 6) is -0.819. The van der Waals surface area contributed by atoms with E-state index in [4.69, 9.17) is 11.0 Å². The summed E-state index contributed by atoms with van der Waals surface area (Å²) in [7, 11) is 0. The fourth-order valence-corrected chi connectivity index (χ4v) is 2.37. The van der Waals surface area contributed by atoms with Gasteiger partial charge >= 0.3 is 0 Å². The molecule has 0 heterocycles. The van der Waals surface area contributed by atoms with Crippen LogP contribution in [0.5, 0.6) is 0 Å². The molecule has 10 heteroatoms. The number of thioether (sulfide) groups is 1. The summed E-state index contributed by atoms with van der Waals surface area (Å²) in [5, 5.41) is 30.1. The topological polar surface area (TPSA) is 153 Å². The van der Waals surface area contributed by atoms with Crippen molar-refractivity contribution < 1.29 is 14.6 Å². The Hall–Kier alpha value is -2.67. The van der Waals surface area contributed by atoms with E-state index in [0.29, 0.717) is 6.07 Å². The summed E-state index contributed by atoms with van der Waals surface area (Å²) >= 11 is 0.931. The van der Waals surface area contributed by atoms with Gasteiger partial charge in [0.2, 0.25) is 0 Å². The van der Waals surface area contributed by atoms with Gasteiger partial charge in [0.15, 0.2) is 0 Å². The molecule has 1 aromatic rings. The lowest BCUT2D eigenvalue weighted by atomic mass is 10.1. The zero-order valence-electron chi connectivity index (χ0n) is 9.94. The highest BCUT2D eigenvalue weighted by molar-refractivity contribution is 7.99. The normalized spacial score (nSPS) is 9.75. The zero-order chi connectivity index (χ0) is 15.3. The molecule has 0 aliphatic rings. The van der Waals surface area contributed by atoms with E-state index in [-0.39, 0.29) is 22.6 Å². The van der Waals surface area contributed by atoms with Crippen LogP contribution in [0.2, 0.25) is 0 Å². The number of amides is 1. The summed E-state index contributed by atoms with van der Waals surface area (Å²) in [4.78, 5) is 31.3. The van der Waals surface area contributed by atoms with Crippen LogP contribution in [0.25, 0.3) is 0 Å². The Bertz CT molecular complexity index is 625. The third-order valence-electron chi connectivity index (χ3n) is 2.19. The molecule has 2 N–H and O–H groups in total. The maximum Gasteiger partial charge on any atom is 0.290 e. The van der Waals surface area contributed by atoms with E-state index < -0.39 is 27.1 Å². The first-order valence-corrected chi connectivity index (χ1v) is 6.13. The molecule has 1 aromatic carbocycles. The number of rotatable bonds is 6. The third kappa shape index (κ3) is 3.42. The van der Waals surface area contributed by atoms with E-state index in [1.807, 2.05) is 6.07 Å². The Balaban J connectivity index is 3.43. The van der Waals surface area contributed by atoms with Gasteiger partial charge in [-0.2, -0.15) is 5.26 Å². The van der Waals surface area contributed by atoms with Crippen molar-refractivity contribution in [3.63, 3.8) is 0 Å². The van der Waals surface area contributed by atoms with Crippen molar-refractivity contribution in [1.29, 1.82) is 5.26 Å². The highest BCUT2D eigenvalue weighted by Gasteiger charge is 2.27. The summed E-state index contributed by atoms with van der Waals surface area (Å²) in [6, 6.07) is 3.58. The largest absolute Gasteiger partial charge is 0.365 e. The minimum atomic E-state index is -1.05. The smallest absolute Gasteiger partial charge is 0.290 e. The molecule has 0 spiro atoms. The second-order valence-corrected chi connectivity index (χ2v) is 4.61. The van der Waals surface area contributed by atoms with Crippen LogP contribution in [-0.2, 0) is 0 Å². The Morgan fingerprint density at radius 1 is 1.35 bits per heavy atom. The molecule has 1 rings (SSSR count). The molecule has 0 atom stereocenters. The van der Waals surface area contributed by atoms with Crippen molar-refractivity contribution in [1.82, 2.24) is 0 Å². The molecule has 1 amide bonds. The first kappa shape index (κ1) is 15.4. The van der Waals surface area contributed by atoms with Gasteiger partial charge in [-0.25, -0.2) is 0 Å². The fourth-order valence-electron chi connectivity index (χ4n) is 1.40.